The highest BCUT2D eigenvalue weighted by molar-refractivity contribution is 5.89. The topological polar surface area (TPSA) is 71.4 Å². The number of anilines is 1. The van der Waals surface area contributed by atoms with Crippen molar-refractivity contribution in [3.05, 3.63) is 11.9 Å². The molecular weight excluding hydrogens is 282 g/mol. The molecule has 0 aromatic carbocycles. The Labute approximate surface area is 132 Å². The SMILES string of the molecule is COCCCN1CC[C@H](CNC(=O)Nc2cnn(C)c2C)C1. The minimum Gasteiger partial charge on any atom is -0.385 e. The number of methoxy groups -OCH3 is 1. The summed E-state index contributed by atoms with van der Waals surface area (Å²) in [6, 6.07) is -0.158. The van der Waals surface area contributed by atoms with Gasteiger partial charge in [-0.1, -0.05) is 0 Å². The highest BCUT2D eigenvalue weighted by atomic mass is 16.5. The van der Waals surface area contributed by atoms with E-state index in [0.29, 0.717) is 12.5 Å². The first-order valence-corrected chi connectivity index (χ1v) is 7.85. The summed E-state index contributed by atoms with van der Waals surface area (Å²) in [5, 5.41) is 9.91. The van der Waals surface area contributed by atoms with Gasteiger partial charge in [-0.3, -0.25) is 4.68 Å². The van der Waals surface area contributed by atoms with Crippen molar-refractivity contribution in [2.24, 2.45) is 13.0 Å². The van der Waals surface area contributed by atoms with Crippen LogP contribution in [0.2, 0.25) is 0 Å². The number of nitrogens with zero attached hydrogens (tertiary/aromatic N) is 3. The lowest BCUT2D eigenvalue weighted by Gasteiger charge is -2.16. The maximum atomic E-state index is 11.9. The van der Waals surface area contributed by atoms with Crippen molar-refractivity contribution in [1.82, 2.24) is 20.0 Å². The highest BCUT2D eigenvalue weighted by Gasteiger charge is 2.22. The predicted octanol–water partition coefficient (Wildman–Crippen LogP) is 1.21. The predicted molar refractivity (Wildman–Crippen MR) is 86.0 cm³/mol. The normalized spacial score (nSPS) is 18.6. The molecule has 1 aliphatic rings. The van der Waals surface area contributed by atoms with Crippen molar-refractivity contribution in [3.63, 3.8) is 0 Å². The number of hydrogen-bond donors (Lipinski definition) is 2. The summed E-state index contributed by atoms with van der Waals surface area (Å²) in [6.07, 6.45) is 3.87. The van der Waals surface area contributed by atoms with Gasteiger partial charge in [0.1, 0.15) is 0 Å². The molecule has 0 radical (unpaired) electrons. The van der Waals surface area contributed by atoms with Crippen LogP contribution in [0.1, 0.15) is 18.5 Å². The first kappa shape index (κ1) is 16.8. The molecule has 22 heavy (non-hydrogen) atoms. The number of aryl methyl sites for hydroxylation is 1. The van der Waals surface area contributed by atoms with Crippen molar-refractivity contribution < 1.29 is 9.53 Å². The van der Waals surface area contributed by atoms with E-state index < -0.39 is 0 Å². The van der Waals surface area contributed by atoms with Crippen LogP contribution in [0.25, 0.3) is 0 Å². The summed E-state index contributed by atoms with van der Waals surface area (Å²) in [4.78, 5) is 14.4. The third kappa shape index (κ3) is 4.71. The van der Waals surface area contributed by atoms with E-state index in [9.17, 15) is 4.79 Å². The first-order chi connectivity index (χ1) is 10.6. The number of nitrogens with one attached hydrogen (secondary N) is 2. The summed E-state index contributed by atoms with van der Waals surface area (Å²) in [6.45, 7) is 6.69. The Bertz CT molecular complexity index is 488. The van der Waals surface area contributed by atoms with Gasteiger partial charge in [-0.15, -0.1) is 0 Å². The van der Waals surface area contributed by atoms with Crippen LogP contribution in [0, 0.1) is 12.8 Å². The standard InChI is InChI=1S/C15H27N5O2/c1-12-14(10-17-19(12)2)18-15(21)16-9-13-5-7-20(11-13)6-4-8-22-3/h10,13H,4-9,11H2,1-3H3,(H2,16,18,21)/t13-/m1/s1. The van der Waals surface area contributed by atoms with Gasteiger partial charge in [0.15, 0.2) is 0 Å². The Morgan fingerprint density at radius 1 is 1.55 bits per heavy atom. The van der Waals surface area contributed by atoms with Gasteiger partial charge in [0, 0.05) is 40.4 Å². The average Bonchev–Trinajstić information content (AvgIpc) is 3.07. The van der Waals surface area contributed by atoms with Crippen LogP contribution >= 0.6 is 0 Å². The number of carbonyl (C=O) groups is 1. The maximum Gasteiger partial charge on any atom is 0.319 e. The van der Waals surface area contributed by atoms with Gasteiger partial charge in [-0.2, -0.15) is 5.10 Å². The van der Waals surface area contributed by atoms with Crippen LogP contribution in [0.5, 0.6) is 0 Å². The third-order valence-corrected chi connectivity index (χ3v) is 4.23. The van der Waals surface area contributed by atoms with E-state index >= 15 is 0 Å². The van der Waals surface area contributed by atoms with E-state index in [2.05, 4.69) is 20.6 Å². The second-order valence-electron chi connectivity index (χ2n) is 5.90. The van der Waals surface area contributed by atoms with Crippen LogP contribution in [-0.2, 0) is 11.8 Å². The third-order valence-electron chi connectivity index (χ3n) is 4.23. The van der Waals surface area contributed by atoms with Crippen LogP contribution in [0.4, 0.5) is 10.5 Å². The molecule has 0 spiro atoms. The molecule has 2 rings (SSSR count). The molecule has 124 valence electrons. The Kier molecular flexibility index (Phi) is 6.21. The molecule has 2 amide bonds. The molecule has 0 aliphatic carbocycles. The molecule has 1 atom stereocenters. The second kappa shape index (κ2) is 8.14. The zero-order chi connectivity index (χ0) is 15.9. The van der Waals surface area contributed by atoms with Crippen LogP contribution in [0.3, 0.4) is 0 Å². The minimum absolute atomic E-state index is 0.158. The molecule has 2 heterocycles. The number of rotatable bonds is 7. The Morgan fingerprint density at radius 3 is 3.05 bits per heavy atom. The van der Waals surface area contributed by atoms with Gasteiger partial charge in [-0.25, -0.2) is 4.79 Å². The number of aromatic nitrogens is 2. The van der Waals surface area contributed by atoms with E-state index in [1.165, 1.54) is 0 Å². The monoisotopic (exact) mass is 309 g/mol. The van der Waals surface area contributed by atoms with Gasteiger partial charge in [-0.05, 0) is 32.2 Å². The fourth-order valence-electron chi connectivity index (χ4n) is 2.74. The van der Waals surface area contributed by atoms with E-state index in [4.69, 9.17) is 4.74 Å². The number of likely N-dealkylation sites (tertiary alicyclic amines) is 1. The Morgan fingerprint density at radius 2 is 2.36 bits per heavy atom. The van der Waals surface area contributed by atoms with Gasteiger partial charge in [0.2, 0.25) is 0 Å². The molecule has 1 fully saturated rings. The van der Waals surface area contributed by atoms with Gasteiger partial charge in [0.05, 0.1) is 17.6 Å². The first-order valence-electron chi connectivity index (χ1n) is 7.85. The molecule has 7 heteroatoms. The molecule has 1 aromatic heterocycles. The zero-order valence-electron chi connectivity index (χ0n) is 13.8. The molecule has 1 saturated heterocycles. The van der Waals surface area contributed by atoms with Crippen molar-refractivity contribution in [1.29, 1.82) is 0 Å². The number of hydrogen-bond acceptors (Lipinski definition) is 4. The fourth-order valence-corrected chi connectivity index (χ4v) is 2.74. The van der Waals surface area contributed by atoms with Crippen molar-refractivity contribution >= 4 is 11.7 Å². The Balaban J connectivity index is 1.66. The van der Waals surface area contributed by atoms with E-state index in [1.807, 2.05) is 14.0 Å². The highest BCUT2D eigenvalue weighted by Crippen LogP contribution is 2.16. The summed E-state index contributed by atoms with van der Waals surface area (Å²) >= 11 is 0. The van der Waals surface area contributed by atoms with Gasteiger partial charge < -0.3 is 20.3 Å². The lowest BCUT2D eigenvalue weighted by molar-refractivity contribution is 0.178. The lowest BCUT2D eigenvalue weighted by Crippen LogP contribution is -2.34. The molecule has 1 aliphatic heterocycles. The van der Waals surface area contributed by atoms with Gasteiger partial charge >= 0.3 is 6.03 Å². The second-order valence-corrected chi connectivity index (χ2v) is 5.90. The number of ether oxygens (including phenoxy) is 1. The molecular formula is C15H27N5O2. The van der Waals surface area contributed by atoms with Gasteiger partial charge in [0.25, 0.3) is 0 Å². The van der Waals surface area contributed by atoms with Crippen LogP contribution < -0.4 is 10.6 Å². The van der Waals surface area contributed by atoms with Crippen molar-refractivity contribution in [3.8, 4) is 0 Å². The summed E-state index contributed by atoms with van der Waals surface area (Å²) in [5.74, 6) is 0.531. The van der Waals surface area contributed by atoms with Crippen molar-refractivity contribution in [2.45, 2.75) is 19.8 Å². The molecule has 1 aromatic rings. The zero-order valence-corrected chi connectivity index (χ0v) is 13.8. The average molecular weight is 309 g/mol. The molecule has 0 saturated carbocycles. The summed E-state index contributed by atoms with van der Waals surface area (Å²) in [7, 11) is 3.59. The lowest BCUT2D eigenvalue weighted by atomic mass is 10.1. The number of urea groups is 1. The Hall–Kier alpha value is -1.60. The molecule has 2 N–H and O–H groups in total. The summed E-state index contributed by atoms with van der Waals surface area (Å²) in [5.41, 5.74) is 1.70. The van der Waals surface area contributed by atoms with Crippen molar-refractivity contribution in [2.75, 3.05) is 45.2 Å². The molecule has 7 nitrogen and oxygen atoms in total. The maximum absolute atomic E-state index is 11.9. The summed E-state index contributed by atoms with van der Waals surface area (Å²) < 4.78 is 6.82. The van der Waals surface area contributed by atoms with E-state index in [-0.39, 0.29) is 6.03 Å². The molecule has 0 bridgehead atoms. The minimum atomic E-state index is -0.158. The van der Waals surface area contributed by atoms with Crippen LogP contribution in [0.15, 0.2) is 6.20 Å². The smallest absolute Gasteiger partial charge is 0.319 e. The van der Waals surface area contributed by atoms with Crippen LogP contribution in [-0.4, -0.2) is 60.6 Å². The van der Waals surface area contributed by atoms with E-state index in [0.717, 1.165) is 50.5 Å². The quantitative estimate of drug-likeness (QED) is 0.743. The number of carbonyl (C=O) groups excluding carboxylic acids is 1. The number of amides is 2. The fraction of sp³-hybridized carbons (Fsp3) is 0.733. The molecule has 0 unspecified atom stereocenters. The largest absolute Gasteiger partial charge is 0.385 e. The van der Waals surface area contributed by atoms with E-state index in [1.54, 1.807) is 18.0 Å².